The highest BCUT2D eigenvalue weighted by Crippen LogP contribution is 2.28. The Morgan fingerprint density at radius 1 is 1.00 bits per heavy atom. The van der Waals surface area contributed by atoms with Crippen LogP contribution < -0.4 is 10.1 Å². The predicted octanol–water partition coefficient (Wildman–Crippen LogP) is 4.19. The molecule has 4 heterocycles. The molecule has 0 radical (unpaired) electrons. The van der Waals surface area contributed by atoms with Gasteiger partial charge in [0, 0.05) is 29.5 Å². The van der Waals surface area contributed by atoms with Crippen molar-refractivity contribution in [3.05, 3.63) is 109 Å². The fourth-order valence-electron chi connectivity index (χ4n) is 3.68. The number of nitro groups is 1. The molecule has 0 bridgehead atoms. The largest absolute Gasteiger partial charge is 0.291 e. The van der Waals surface area contributed by atoms with Gasteiger partial charge in [-0.05, 0) is 29.7 Å². The van der Waals surface area contributed by atoms with Crippen molar-refractivity contribution in [3.63, 3.8) is 0 Å². The van der Waals surface area contributed by atoms with Gasteiger partial charge in [-0.15, -0.1) is 16.4 Å². The Hall–Kier alpha value is -4.48. The lowest BCUT2D eigenvalue weighted by Crippen LogP contribution is -2.23. The van der Waals surface area contributed by atoms with Crippen LogP contribution in [0.1, 0.15) is 5.56 Å². The third-order valence-electron chi connectivity index (χ3n) is 5.30. The van der Waals surface area contributed by atoms with E-state index in [4.69, 9.17) is 5.10 Å². The molecule has 11 heteroatoms. The highest BCUT2D eigenvalue weighted by molar-refractivity contribution is 7.15. The number of nitro benzene ring substituents is 1. The van der Waals surface area contributed by atoms with Gasteiger partial charge in [-0.3, -0.25) is 14.9 Å². The maximum Gasteiger partial charge on any atom is 0.291 e. The molecule has 0 aliphatic carbocycles. The van der Waals surface area contributed by atoms with E-state index in [1.807, 2.05) is 47.8 Å². The van der Waals surface area contributed by atoms with Crippen molar-refractivity contribution >= 4 is 39.4 Å². The molecule has 0 saturated heterocycles. The second kappa shape index (κ2) is 8.38. The molecule has 6 aromatic rings. The summed E-state index contributed by atoms with van der Waals surface area (Å²) < 4.78 is 3.44. The zero-order valence-corrected chi connectivity index (χ0v) is 19.4. The monoisotopic (exact) mass is 498 g/mol. The van der Waals surface area contributed by atoms with Crippen LogP contribution in [0.5, 0.6) is 0 Å². The molecular weight excluding hydrogens is 484 g/mol. The summed E-state index contributed by atoms with van der Waals surface area (Å²) >= 11 is 2.74. The highest BCUT2D eigenvalue weighted by Gasteiger charge is 2.16. The van der Waals surface area contributed by atoms with Crippen LogP contribution in [0.3, 0.4) is 0 Å². The first kappa shape index (κ1) is 21.1. The Morgan fingerprint density at radius 2 is 1.86 bits per heavy atom. The molecule has 0 N–H and O–H groups in total. The summed E-state index contributed by atoms with van der Waals surface area (Å²) in [4.78, 5) is 29.9. The van der Waals surface area contributed by atoms with E-state index in [0.717, 1.165) is 10.6 Å². The first-order chi connectivity index (χ1) is 17.1. The summed E-state index contributed by atoms with van der Waals surface area (Å²) in [6.45, 7) is 0. The second-order valence-electron chi connectivity index (χ2n) is 7.54. The number of aromatic nitrogens is 5. The number of fused-ring (bicyclic) bond motifs is 1. The average molecular weight is 499 g/mol. The van der Waals surface area contributed by atoms with E-state index in [2.05, 4.69) is 10.1 Å². The van der Waals surface area contributed by atoms with Gasteiger partial charge in [0.2, 0.25) is 4.96 Å². The van der Waals surface area contributed by atoms with Crippen LogP contribution in [0.25, 0.3) is 38.7 Å². The molecule has 170 valence electrons. The zero-order valence-electron chi connectivity index (χ0n) is 17.8. The van der Waals surface area contributed by atoms with Gasteiger partial charge in [0.05, 0.1) is 20.0 Å². The van der Waals surface area contributed by atoms with E-state index in [0.29, 0.717) is 32.1 Å². The maximum atomic E-state index is 13.1. The van der Waals surface area contributed by atoms with E-state index in [-0.39, 0.29) is 11.2 Å². The van der Waals surface area contributed by atoms with Crippen LogP contribution in [-0.4, -0.2) is 29.3 Å². The van der Waals surface area contributed by atoms with Gasteiger partial charge >= 0.3 is 0 Å². The molecule has 35 heavy (non-hydrogen) atoms. The lowest BCUT2D eigenvalue weighted by atomic mass is 10.1. The topological polar surface area (TPSA) is 108 Å². The fraction of sp³-hybridized carbons (Fsp3) is 0. The molecule has 4 aromatic heterocycles. The molecule has 0 aliphatic rings. The number of thiophene rings is 1. The Balaban J connectivity index is 1.52. The second-order valence-corrected chi connectivity index (χ2v) is 9.50. The molecule has 0 spiro atoms. The van der Waals surface area contributed by atoms with Crippen molar-refractivity contribution in [1.82, 2.24) is 24.4 Å². The summed E-state index contributed by atoms with van der Waals surface area (Å²) in [6, 6.07) is 19.6. The number of rotatable bonds is 5. The maximum absolute atomic E-state index is 13.1. The minimum atomic E-state index is -0.442. The van der Waals surface area contributed by atoms with Crippen molar-refractivity contribution in [3.8, 4) is 27.6 Å². The molecule has 0 atom stereocenters. The van der Waals surface area contributed by atoms with Gasteiger partial charge in [0.1, 0.15) is 5.69 Å². The number of benzene rings is 2. The van der Waals surface area contributed by atoms with Gasteiger partial charge in [0.25, 0.3) is 11.2 Å². The van der Waals surface area contributed by atoms with Gasteiger partial charge in [-0.1, -0.05) is 47.7 Å². The summed E-state index contributed by atoms with van der Waals surface area (Å²) in [6.07, 6.45) is 3.53. The Morgan fingerprint density at radius 3 is 2.60 bits per heavy atom. The molecule has 0 aliphatic heterocycles. The minimum Gasteiger partial charge on any atom is -0.266 e. The number of hydrogen-bond donors (Lipinski definition) is 0. The highest BCUT2D eigenvalue weighted by atomic mass is 32.1. The minimum absolute atomic E-state index is 0.0351. The lowest BCUT2D eigenvalue weighted by Gasteiger charge is -2.00. The average Bonchev–Trinajstić information content (AvgIpc) is 3.66. The molecule has 9 nitrogen and oxygen atoms in total. The molecule has 0 amide bonds. The Bertz CT molecular complexity index is 1800. The first-order valence-corrected chi connectivity index (χ1v) is 12.1. The van der Waals surface area contributed by atoms with E-state index >= 15 is 0 Å². The molecule has 2 aromatic carbocycles. The van der Waals surface area contributed by atoms with E-state index in [9.17, 15) is 14.9 Å². The number of non-ortho nitro benzene ring substituents is 1. The summed E-state index contributed by atoms with van der Waals surface area (Å²) in [5.74, 6) is 0.518. The van der Waals surface area contributed by atoms with E-state index in [1.165, 1.54) is 39.3 Å². The van der Waals surface area contributed by atoms with Crippen LogP contribution in [0.2, 0.25) is 0 Å². The van der Waals surface area contributed by atoms with Crippen molar-refractivity contribution in [2.24, 2.45) is 0 Å². The van der Waals surface area contributed by atoms with Gasteiger partial charge < -0.3 is 0 Å². The fourth-order valence-corrected chi connectivity index (χ4v) is 5.23. The van der Waals surface area contributed by atoms with Gasteiger partial charge in [-0.25, -0.2) is 4.68 Å². The SMILES string of the molecule is O=c1/c(=C/c2cn(-c3ccccc3)nc2-c2cccc([N+](=O)[O-])c2)sc2nc(-c3cccs3)nn12. The van der Waals surface area contributed by atoms with Crippen molar-refractivity contribution < 1.29 is 4.92 Å². The standard InChI is InChI=1S/C24H14N6O3S2/c31-23-20(35-24-25-22(27-29(23)24)19-10-5-11-34-19)13-16-14-28(17-7-2-1-3-8-17)26-21(16)15-6-4-9-18(12-15)30(32)33/h1-14H/b20-13-. The number of thiazole rings is 1. The quantitative estimate of drug-likeness (QED) is 0.261. The van der Waals surface area contributed by atoms with Gasteiger partial charge in [0.15, 0.2) is 5.82 Å². The summed E-state index contributed by atoms with van der Waals surface area (Å²) in [5, 5.41) is 22.3. The lowest BCUT2D eigenvalue weighted by molar-refractivity contribution is -0.384. The van der Waals surface area contributed by atoms with Crippen molar-refractivity contribution in [2.45, 2.75) is 0 Å². The summed E-state index contributed by atoms with van der Waals surface area (Å²) in [5.41, 5.74) is 2.26. The van der Waals surface area contributed by atoms with Crippen molar-refractivity contribution in [1.29, 1.82) is 0 Å². The Labute approximate surface area is 205 Å². The van der Waals surface area contributed by atoms with Crippen LogP contribution in [0.15, 0.2) is 83.1 Å². The van der Waals surface area contributed by atoms with E-state index < -0.39 is 4.92 Å². The normalized spacial score (nSPS) is 11.9. The van der Waals surface area contributed by atoms with Crippen LogP contribution in [0, 0.1) is 10.1 Å². The van der Waals surface area contributed by atoms with Gasteiger partial charge in [-0.2, -0.15) is 14.6 Å². The molecule has 6 rings (SSSR count). The first-order valence-electron chi connectivity index (χ1n) is 10.4. The zero-order chi connectivity index (χ0) is 23.9. The Kier molecular flexibility index (Phi) is 5.05. The smallest absolute Gasteiger partial charge is 0.266 e. The third kappa shape index (κ3) is 3.82. The number of hydrogen-bond acceptors (Lipinski definition) is 8. The molecule has 0 unspecified atom stereocenters. The molecule has 0 fully saturated rings. The summed E-state index contributed by atoms with van der Waals surface area (Å²) in [7, 11) is 0. The van der Waals surface area contributed by atoms with E-state index in [1.54, 1.807) is 29.1 Å². The van der Waals surface area contributed by atoms with Crippen molar-refractivity contribution in [2.75, 3.05) is 0 Å². The van der Waals surface area contributed by atoms with Crippen LogP contribution in [0.4, 0.5) is 5.69 Å². The number of nitrogens with zero attached hydrogens (tertiary/aromatic N) is 6. The molecule has 0 saturated carbocycles. The predicted molar refractivity (Wildman–Crippen MR) is 135 cm³/mol. The van der Waals surface area contributed by atoms with Crippen LogP contribution >= 0.6 is 22.7 Å². The number of para-hydroxylation sites is 1. The third-order valence-corrected chi connectivity index (χ3v) is 7.13. The van der Waals surface area contributed by atoms with Crippen LogP contribution in [-0.2, 0) is 0 Å². The molecular formula is C24H14N6O3S2.